The summed E-state index contributed by atoms with van der Waals surface area (Å²) in [7, 11) is 2.07. The van der Waals surface area contributed by atoms with Crippen molar-refractivity contribution >= 4 is 5.71 Å². The second kappa shape index (κ2) is 3.91. The quantitative estimate of drug-likeness (QED) is 0.724. The third kappa shape index (κ3) is 1.71. The number of hydrogen-bond acceptors (Lipinski definition) is 3. The van der Waals surface area contributed by atoms with Crippen LogP contribution in [-0.4, -0.2) is 23.2 Å². The van der Waals surface area contributed by atoms with E-state index in [0.717, 1.165) is 11.3 Å². The lowest BCUT2D eigenvalue weighted by atomic mass is 9.95. The molecule has 0 unspecified atom stereocenters. The fourth-order valence-corrected chi connectivity index (χ4v) is 1.76. The molecule has 3 heteroatoms. The van der Waals surface area contributed by atoms with Gasteiger partial charge in [-0.3, -0.25) is 4.90 Å². The Morgan fingerprint density at radius 2 is 1.88 bits per heavy atom. The van der Waals surface area contributed by atoms with Crippen LogP contribution in [0.5, 0.6) is 0 Å². The van der Waals surface area contributed by atoms with Crippen molar-refractivity contribution in [2.75, 3.05) is 7.05 Å². The highest BCUT2D eigenvalue weighted by Gasteiger charge is 2.37. The van der Waals surface area contributed by atoms with Gasteiger partial charge in [-0.05, 0) is 27.8 Å². The summed E-state index contributed by atoms with van der Waals surface area (Å²) >= 11 is 0. The fraction of sp³-hybridized carbons (Fsp3) is 0.462. The molecule has 1 heterocycles. The third-order valence-electron chi connectivity index (χ3n) is 3.49. The normalized spacial score (nSPS) is 24.8. The summed E-state index contributed by atoms with van der Waals surface area (Å²) in [6, 6.07) is 10.2. The topological polar surface area (TPSA) is 24.8 Å². The highest BCUT2D eigenvalue weighted by Crippen LogP contribution is 2.32. The van der Waals surface area contributed by atoms with Gasteiger partial charge >= 0.3 is 0 Å². The van der Waals surface area contributed by atoms with Gasteiger partial charge in [-0.2, -0.15) is 0 Å². The molecular formula is C13H18N2O. The van der Waals surface area contributed by atoms with Crippen molar-refractivity contribution in [1.82, 2.24) is 4.90 Å². The van der Waals surface area contributed by atoms with Gasteiger partial charge in [0.15, 0.2) is 0 Å². The molecule has 1 aliphatic rings. The van der Waals surface area contributed by atoms with E-state index in [2.05, 4.69) is 43.1 Å². The maximum atomic E-state index is 5.54. The molecule has 1 aliphatic heterocycles. The van der Waals surface area contributed by atoms with Crippen LogP contribution in [0.1, 0.15) is 32.6 Å². The van der Waals surface area contributed by atoms with E-state index in [1.165, 1.54) is 0 Å². The van der Waals surface area contributed by atoms with Crippen molar-refractivity contribution in [3.05, 3.63) is 35.9 Å². The van der Waals surface area contributed by atoms with E-state index >= 15 is 0 Å². The molecule has 16 heavy (non-hydrogen) atoms. The van der Waals surface area contributed by atoms with Crippen LogP contribution in [0.2, 0.25) is 0 Å². The first-order chi connectivity index (χ1) is 7.53. The van der Waals surface area contributed by atoms with Crippen LogP contribution in [0.3, 0.4) is 0 Å². The highest BCUT2D eigenvalue weighted by molar-refractivity contribution is 5.90. The number of rotatable bonds is 1. The van der Waals surface area contributed by atoms with Crippen LogP contribution in [-0.2, 0) is 4.84 Å². The van der Waals surface area contributed by atoms with Gasteiger partial charge in [-0.15, -0.1) is 0 Å². The van der Waals surface area contributed by atoms with Gasteiger partial charge in [0.2, 0.25) is 6.23 Å². The first kappa shape index (κ1) is 11.1. The molecule has 1 aromatic rings. The summed E-state index contributed by atoms with van der Waals surface area (Å²) < 4.78 is 0. The predicted molar refractivity (Wildman–Crippen MR) is 65.2 cm³/mol. The van der Waals surface area contributed by atoms with Gasteiger partial charge in [0.25, 0.3) is 0 Å². The molecule has 0 amide bonds. The first-order valence-electron chi connectivity index (χ1n) is 5.52. The Morgan fingerprint density at radius 1 is 1.25 bits per heavy atom. The van der Waals surface area contributed by atoms with Gasteiger partial charge in [-0.1, -0.05) is 35.5 Å². The summed E-state index contributed by atoms with van der Waals surface area (Å²) in [4.78, 5) is 7.74. The molecule has 0 radical (unpaired) electrons. The summed E-state index contributed by atoms with van der Waals surface area (Å²) in [5, 5.41) is 4.17. The summed E-state index contributed by atoms with van der Waals surface area (Å²) in [5.41, 5.74) is 2.06. The van der Waals surface area contributed by atoms with Gasteiger partial charge in [-0.25, -0.2) is 0 Å². The van der Waals surface area contributed by atoms with Crippen LogP contribution in [0, 0.1) is 0 Å². The smallest absolute Gasteiger partial charge is 0.207 e. The molecule has 0 N–H and O–H groups in total. The Kier molecular flexibility index (Phi) is 2.72. The fourth-order valence-electron chi connectivity index (χ4n) is 1.76. The molecule has 0 aliphatic carbocycles. The number of oxime groups is 1. The summed E-state index contributed by atoms with van der Waals surface area (Å²) in [5.74, 6) is 0. The maximum Gasteiger partial charge on any atom is 0.207 e. The van der Waals surface area contributed by atoms with Crippen LogP contribution in [0.4, 0.5) is 0 Å². The van der Waals surface area contributed by atoms with E-state index in [0.29, 0.717) is 0 Å². The molecule has 1 atom stereocenters. The highest BCUT2D eigenvalue weighted by atomic mass is 16.7. The largest absolute Gasteiger partial charge is 0.371 e. The van der Waals surface area contributed by atoms with E-state index in [-0.39, 0.29) is 11.8 Å². The Balaban J connectivity index is 2.33. The van der Waals surface area contributed by atoms with E-state index < -0.39 is 0 Å². The first-order valence-corrected chi connectivity index (χ1v) is 5.52. The van der Waals surface area contributed by atoms with Crippen molar-refractivity contribution < 1.29 is 4.84 Å². The van der Waals surface area contributed by atoms with Crippen LogP contribution in [0.25, 0.3) is 0 Å². The van der Waals surface area contributed by atoms with Crippen molar-refractivity contribution in [3.63, 3.8) is 0 Å². The Morgan fingerprint density at radius 3 is 2.50 bits per heavy atom. The zero-order chi connectivity index (χ0) is 11.8. The number of hydrogen-bond donors (Lipinski definition) is 0. The molecule has 2 rings (SSSR count). The van der Waals surface area contributed by atoms with Gasteiger partial charge < -0.3 is 4.84 Å². The minimum atomic E-state index is -0.0973. The second-order valence-electron chi connectivity index (χ2n) is 4.72. The molecule has 86 valence electrons. The van der Waals surface area contributed by atoms with Crippen LogP contribution in [0.15, 0.2) is 35.5 Å². The van der Waals surface area contributed by atoms with E-state index in [4.69, 9.17) is 4.84 Å². The molecule has 0 saturated heterocycles. The van der Waals surface area contributed by atoms with Crippen molar-refractivity contribution in [2.45, 2.75) is 32.5 Å². The van der Waals surface area contributed by atoms with Crippen LogP contribution >= 0.6 is 0 Å². The maximum absolute atomic E-state index is 5.54. The molecule has 0 saturated carbocycles. The van der Waals surface area contributed by atoms with Crippen molar-refractivity contribution in [2.24, 2.45) is 5.16 Å². The molecule has 1 aromatic carbocycles. The van der Waals surface area contributed by atoms with Crippen molar-refractivity contribution in [3.8, 4) is 0 Å². The van der Waals surface area contributed by atoms with E-state index in [9.17, 15) is 0 Å². The van der Waals surface area contributed by atoms with E-state index in [1.54, 1.807) is 0 Å². The Labute approximate surface area is 96.7 Å². The molecule has 0 aromatic heterocycles. The van der Waals surface area contributed by atoms with Gasteiger partial charge in [0.1, 0.15) is 0 Å². The zero-order valence-electron chi connectivity index (χ0n) is 10.3. The lowest BCUT2D eigenvalue weighted by Crippen LogP contribution is -2.51. The van der Waals surface area contributed by atoms with E-state index in [1.807, 2.05) is 25.1 Å². The average molecular weight is 218 g/mol. The Bertz CT molecular complexity index is 398. The van der Waals surface area contributed by atoms with Crippen molar-refractivity contribution in [1.29, 1.82) is 0 Å². The SMILES string of the molecule is CC1=NO[C@H](c2ccccc2)N(C)C1(C)C. The van der Waals surface area contributed by atoms with Crippen LogP contribution < -0.4 is 0 Å². The molecule has 0 bridgehead atoms. The predicted octanol–water partition coefficient (Wildman–Crippen LogP) is 2.80. The third-order valence-corrected chi connectivity index (χ3v) is 3.49. The molecular weight excluding hydrogens is 200 g/mol. The monoisotopic (exact) mass is 218 g/mol. The number of benzene rings is 1. The molecule has 3 nitrogen and oxygen atoms in total. The minimum Gasteiger partial charge on any atom is -0.371 e. The molecule has 0 fully saturated rings. The standard InChI is InChI=1S/C13H18N2O/c1-10-13(2,3)15(4)12(16-14-10)11-8-6-5-7-9-11/h5-9,12H,1-4H3/t12-/m1/s1. The molecule has 0 spiro atoms. The second-order valence-corrected chi connectivity index (χ2v) is 4.72. The summed E-state index contributed by atoms with van der Waals surface area (Å²) in [6.45, 7) is 6.31. The zero-order valence-corrected chi connectivity index (χ0v) is 10.3. The van der Waals surface area contributed by atoms with Gasteiger partial charge in [0.05, 0.1) is 11.3 Å². The Hall–Kier alpha value is -1.35. The van der Waals surface area contributed by atoms with Gasteiger partial charge in [0, 0.05) is 5.56 Å². The number of nitrogens with zero attached hydrogens (tertiary/aromatic N) is 2. The summed E-state index contributed by atoms with van der Waals surface area (Å²) in [6.07, 6.45) is -0.0973. The lowest BCUT2D eigenvalue weighted by Gasteiger charge is -2.42. The average Bonchev–Trinajstić information content (AvgIpc) is 2.28. The lowest BCUT2D eigenvalue weighted by molar-refractivity contribution is -0.0933. The minimum absolute atomic E-state index is 0.0707.